The highest BCUT2D eigenvalue weighted by Gasteiger charge is 2.28. The molecule has 0 spiro atoms. The second kappa shape index (κ2) is 7.74. The molecule has 130 valence electrons. The predicted molar refractivity (Wildman–Crippen MR) is 90.6 cm³/mol. The zero-order valence-electron chi connectivity index (χ0n) is 13.6. The molecule has 0 bridgehead atoms. The molecule has 2 heterocycles. The van der Waals surface area contributed by atoms with Crippen LogP contribution < -0.4 is 10.6 Å². The predicted octanol–water partition coefficient (Wildman–Crippen LogP) is 1.59. The van der Waals surface area contributed by atoms with E-state index in [1.165, 1.54) is 12.1 Å². The van der Waals surface area contributed by atoms with Crippen LogP contribution in [0.4, 0.5) is 9.18 Å². The topological polar surface area (TPSA) is 74.3 Å². The van der Waals surface area contributed by atoms with Crippen LogP contribution in [0.25, 0.3) is 0 Å². The summed E-state index contributed by atoms with van der Waals surface area (Å²) in [6, 6.07) is 9.11. The number of hydrogen-bond acceptors (Lipinski definition) is 3. The molecular formula is C18H19FN4O2. The molecule has 7 heteroatoms. The minimum Gasteiger partial charge on any atom is -0.350 e. The summed E-state index contributed by atoms with van der Waals surface area (Å²) in [4.78, 5) is 29.8. The number of carbonyl (C=O) groups excluding carboxylic acids is 2. The summed E-state index contributed by atoms with van der Waals surface area (Å²) in [5.41, 5.74) is 1.29. The van der Waals surface area contributed by atoms with Crippen LogP contribution in [0.3, 0.4) is 0 Å². The lowest BCUT2D eigenvalue weighted by Crippen LogP contribution is -2.46. The Balaban J connectivity index is 1.70. The Hall–Kier alpha value is -2.96. The number of rotatable bonds is 6. The highest BCUT2D eigenvalue weighted by molar-refractivity contribution is 5.94. The van der Waals surface area contributed by atoms with Crippen molar-refractivity contribution in [1.82, 2.24) is 20.5 Å². The molecule has 2 aromatic rings. The summed E-state index contributed by atoms with van der Waals surface area (Å²) in [7, 11) is 0. The lowest BCUT2D eigenvalue weighted by molar-refractivity contribution is 0.0940. The van der Waals surface area contributed by atoms with Gasteiger partial charge in [-0.1, -0.05) is 12.1 Å². The van der Waals surface area contributed by atoms with Crippen LogP contribution in [0.1, 0.15) is 15.9 Å². The number of nitrogens with one attached hydrogen (secondary N) is 2. The number of benzene rings is 1. The van der Waals surface area contributed by atoms with Gasteiger partial charge in [0.1, 0.15) is 5.82 Å². The summed E-state index contributed by atoms with van der Waals surface area (Å²) in [5.74, 6) is -0.547. The number of urea groups is 1. The van der Waals surface area contributed by atoms with E-state index in [1.54, 1.807) is 35.5 Å². The van der Waals surface area contributed by atoms with E-state index in [0.29, 0.717) is 25.1 Å². The normalized spacial score (nSPS) is 14.9. The molecule has 0 aliphatic carbocycles. The van der Waals surface area contributed by atoms with E-state index in [-0.39, 0.29) is 30.3 Å². The molecule has 0 radical (unpaired) electrons. The first-order valence-electron chi connectivity index (χ1n) is 8.10. The van der Waals surface area contributed by atoms with Crippen LogP contribution in [0.2, 0.25) is 0 Å². The lowest BCUT2D eigenvalue weighted by Gasteiger charge is -2.27. The lowest BCUT2D eigenvalue weighted by atomic mass is 10.0. The molecule has 25 heavy (non-hydrogen) atoms. The van der Waals surface area contributed by atoms with Crippen LogP contribution in [0.15, 0.2) is 48.8 Å². The molecule has 1 aliphatic rings. The van der Waals surface area contributed by atoms with Crippen molar-refractivity contribution in [2.75, 3.05) is 19.6 Å². The van der Waals surface area contributed by atoms with E-state index >= 15 is 0 Å². The molecule has 1 aliphatic heterocycles. The third-order valence-electron chi connectivity index (χ3n) is 4.13. The van der Waals surface area contributed by atoms with E-state index in [9.17, 15) is 14.0 Å². The van der Waals surface area contributed by atoms with Gasteiger partial charge in [-0.2, -0.15) is 0 Å². The van der Waals surface area contributed by atoms with Crippen LogP contribution >= 0.6 is 0 Å². The second-order valence-electron chi connectivity index (χ2n) is 5.86. The fourth-order valence-corrected chi connectivity index (χ4v) is 2.88. The summed E-state index contributed by atoms with van der Waals surface area (Å²) >= 11 is 0. The van der Waals surface area contributed by atoms with Crippen molar-refractivity contribution in [3.05, 3.63) is 65.7 Å². The van der Waals surface area contributed by atoms with Crippen LogP contribution in [0, 0.1) is 5.82 Å². The highest BCUT2D eigenvalue weighted by atomic mass is 19.1. The Bertz CT molecular complexity index is 754. The van der Waals surface area contributed by atoms with Crippen molar-refractivity contribution in [1.29, 1.82) is 0 Å². The fraction of sp³-hybridized carbons (Fsp3) is 0.278. The quantitative estimate of drug-likeness (QED) is 0.837. The third-order valence-corrected chi connectivity index (χ3v) is 4.13. The van der Waals surface area contributed by atoms with Gasteiger partial charge in [-0.25, -0.2) is 9.18 Å². The molecule has 1 aromatic carbocycles. The average Bonchev–Trinajstić information content (AvgIpc) is 3.05. The van der Waals surface area contributed by atoms with Gasteiger partial charge < -0.3 is 15.5 Å². The number of nitrogens with zero attached hydrogens (tertiary/aromatic N) is 2. The molecule has 3 amide bonds. The molecule has 1 unspecified atom stereocenters. The first kappa shape index (κ1) is 16.9. The molecule has 1 fully saturated rings. The highest BCUT2D eigenvalue weighted by Crippen LogP contribution is 2.13. The van der Waals surface area contributed by atoms with Crippen LogP contribution in [-0.2, 0) is 6.42 Å². The van der Waals surface area contributed by atoms with Gasteiger partial charge in [-0.05, 0) is 36.2 Å². The molecule has 6 nitrogen and oxygen atoms in total. The number of carbonyl (C=O) groups is 2. The minimum absolute atomic E-state index is 0.167. The smallest absolute Gasteiger partial charge is 0.317 e. The van der Waals surface area contributed by atoms with Crippen molar-refractivity contribution >= 4 is 11.9 Å². The van der Waals surface area contributed by atoms with Crippen LogP contribution in [-0.4, -0.2) is 47.5 Å². The van der Waals surface area contributed by atoms with Crippen molar-refractivity contribution in [3.8, 4) is 0 Å². The first-order valence-corrected chi connectivity index (χ1v) is 8.10. The van der Waals surface area contributed by atoms with Gasteiger partial charge in [0, 0.05) is 37.6 Å². The summed E-state index contributed by atoms with van der Waals surface area (Å²) in [6.45, 7) is 1.41. The van der Waals surface area contributed by atoms with Gasteiger partial charge in [0.05, 0.1) is 6.04 Å². The number of hydrogen-bond donors (Lipinski definition) is 2. The van der Waals surface area contributed by atoms with E-state index < -0.39 is 0 Å². The number of halogens is 1. The molecule has 1 aromatic heterocycles. The zero-order chi connectivity index (χ0) is 17.6. The van der Waals surface area contributed by atoms with E-state index in [2.05, 4.69) is 15.6 Å². The van der Waals surface area contributed by atoms with Gasteiger partial charge in [0.2, 0.25) is 0 Å². The van der Waals surface area contributed by atoms with E-state index in [4.69, 9.17) is 0 Å². The molecule has 1 saturated heterocycles. The maximum Gasteiger partial charge on any atom is 0.317 e. The SMILES string of the molecule is O=C(NCC(Cc1cccc(F)c1)N1CCNC1=O)c1ccncc1. The summed E-state index contributed by atoms with van der Waals surface area (Å²) in [6.07, 6.45) is 3.56. The Morgan fingerprint density at radius 3 is 2.80 bits per heavy atom. The third kappa shape index (κ3) is 4.32. The van der Waals surface area contributed by atoms with Gasteiger partial charge in [-0.15, -0.1) is 0 Å². The number of amides is 3. The van der Waals surface area contributed by atoms with Crippen molar-refractivity contribution in [2.45, 2.75) is 12.5 Å². The fourth-order valence-electron chi connectivity index (χ4n) is 2.88. The standard InChI is InChI=1S/C18H19FN4O2/c19-15-3-1-2-13(10-15)11-16(23-9-8-21-18(23)25)12-22-17(24)14-4-6-20-7-5-14/h1-7,10,16H,8-9,11-12H2,(H,21,25)(H,22,24). The Morgan fingerprint density at radius 2 is 2.12 bits per heavy atom. The van der Waals surface area contributed by atoms with Crippen molar-refractivity contribution < 1.29 is 14.0 Å². The minimum atomic E-state index is -0.317. The first-order chi connectivity index (χ1) is 12.1. The van der Waals surface area contributed by atoms with Crippen molar-refractivity contribution in [2.24, 2.45) is 0 Å². The maximum atomic E-state index is 13.4. The van der Waals surface area contributed by atoms with Gasteiger partial charge in [-0.3, -0.25) is 9.78 Å². The van der Waals surface area contributed by atoms with Gasteiger partial charge in [0.25, 0.3) is 5.91 Å². The van der Waals surface area contributed by atoms with Gasteiger partial charge >= 0.3 is 6.03 Å². The van der Waals surface area contributed by atoms with Gasteiger partial charge in [0.15, 0.2) is 0 Å². The summed E-state index contributed by atoms with van der Waals surface area (Å²) in [5, 5.41) is 5.61. The molecule has 1 atom stereocenters. The monoisotopic (exact) mass is 342 g/mol. The Labute approximate surface area is 145 Å². The molecular weight excluding hydrogens is 323 g/mol. The number of aromatic nitrogens is 1. The van der Waals surface area contributed by atoms with Crippen molar-refractivity contribution in [3.63, 3.8) is 0 Å². The summed E-state index contributed by atoms with van der Waals surface area (Å²) < 4.78 is 13.4. The maximum absolute atomic E-state index is 13.4. The molecule has 3 rings (SSSR count). The molecule has 0 saturated carbocycles. The average molecular weight is 342 g/mol. The van der Waals surface area contributed by atoms with E-state index in [1.807, 2.05) is 6.07 Å². The Morgan fingerprint density at radius 1 is 1.32 bits per heavy atom. The largest absolute Gasteiger partial charge is 0.350 e. The second-order valence-corrected chi connectivity index (χ2v) is 5.86. The van der Waals surface area contributed by atoms with Crippen LogP contribution in [0.5, 0.6) is 0 Å². The van der Waals surface area contributed by atoms with E-state index in [0.717, 1.165) is 5.56 Å². The number of pyridine rings is 1. The zero-order valence-corrected chi connectivity index (χ0v) is 13.6. The molecule has 2 N–H and O–H groups in total. The Kier molecular flexibility index (Phi) is 5.23.